The highest BCUT2D eigenvalue weighted by Gasteiger charge is 2.42. The van der Waals surface area contributed by atoms with Crippen LogP contribution in [0.15, 0.2) is 85.0 Å². The fraction of sp³-hybridized carbons (Fsp3) is 0.356. The Morgan fingerprint density at radius 3 is 2.45 bits per heavy atom. The molecule has 7 rings (SSSR count). The number of hydrogen-bond acceptors (Lipinski definition) is 14. The highest BCUT2D eigenvalue weighted by Crippen LogP contribution is 2.28. The number of rotatable bonds is 18. The molecule has 0 aliphatic carbocycles. The van der Waals surface area contributed by atoms with E-state index in [9.17, 15) is 24.3 Å². The van der Waals surface area contributed by atoms with Crippen LogP contribution in [-0.4, -0.2) is 108 Å². The van der Waals surface area contributed by atoms with Gasteiger partial charge in [-0.2, -0.15) is 0 Å². The third-order valence-corrected chi connectivity index (χ3v) is 12.0. The molecule has 0 bridgehead atoms. The van der Waals surface area contributed by atoms with E-state index in [1.54, 1.807) is 23.7 Å². The van der Waals surface area contributed by atoms with Gasteiger partial charge in [-0.25, -0.2) is 19.9 Å². The van der Waals surface area contributed by atoms with E-state index < -0.39 is 24.1 Å². The molecule has 0 spiro atoms. The zero-order valence-corrected chi connectivity index (χ0v) is 37.0. The predicted octanol–water partition coefficient (Wildman–Crippen LogP) is 4.09. The third kappa shape index (κ3) is 11.1. The van der Waals surface area contributed by atoms with Crippen molar-refractivity contribution in [2.45, 2.75) is 71.2 Å². The summed E-state index contributed by atoms with van der Waals surface area (Å²) in [6, 6.07) is 13.8. The number of benzene rings is 2. The Morgan fingerprint density at radius 1 is 0.969 bits per heavy atom. The Morgan fingerprint density at radius 2 is 1.73 bits per heavy atom. The summed E-state index contributed by atoms with van der Waals surface area (Å²) in [5.74, 6) is -0.816. The second-order valence-corrected chi connectivity index (χ2v) is 17.0. The minimum absolute atomic E-state index is 0.0117. The number of anilines is 4. The van der Waals surface area contributed by atoms with E-state index in [1.807, 2.05) is 104 Å². The number of thiazole rings is 1. The number of nitrogens with zero attached hydrogens (tertiary/aromatic N) is 8. The first-order valence-corrected chi connectivity index (χ1v) is 22.0. The second kappa shape index (κ2) is 20.5. The van der Waals surface area contributed by atoms with E-state index in [0.29, 0.717) is 41.8 Å². The number of aryl methyl sites for hydroxylation is 1. The number of hydrogen-bond donors (Lipinski definition) is 6. The van der Waals surface area contributed by atoms with Crippen molar-refractivity contribution < 1.29 is 24.3 Å². The molecule has 1 aliphatic rings. The van der Waals surface area contributed by atoms with Crippen LogP contribution in [0.25, 0.3) is 27.5 Å². The molecule has 0 unspecified atom stereocenters. The lowest BCUT2D eigenvalue weighted by atomic mass is 10.0. The molecule has 5 heterocycles. The van der Waals surface area contributed by atoms with Gasteiger partial charge in [-0.3, -0.25) is 24.2 Å². The van der Waals surface area contributed by atoms with Crippen molar-refractivity contribution in [1.29, 1.82) is 0 Å². The van der Waals surface area contributed by atoms with E-state index in [1.165, 1.54) is 11.1 Å². The largest absolute Gasteiger partial charge is 0.391 e. The predicted molar refractivity (Wildman–Crippen MR) is 245 cm³/mol. The molecule has 7 N–H and O–H groups in total. The molecule has 0 radical (unpaired) electrons. The number of nitrogens with two attached hydrogens (primary N) is 1. The van der Waals surface area contributed by atoms with E-state index in [2.05, 4.69) is 41.2 Å². The minimum atomic E-state index is -0.907. The highest BCUT2D eigenvalue weighted by atomic mass is 32.1. The summed E-state index contributed by atoms with van der Waals surface area (Å²) < 4.78 is 1.85. The minimum Gasteiger partial charge on any atom is -0.391 e. The van der Waals surface area contributed by atoms with Crippen molar-refractivity contribution in [3.63, 3.8) is 0 Å². The van der Waals surface area contributed by atoms with E-state index in [4.69, 9.17) is 10.7 Å². The summed E-state index contributed by atoms with van der Waals surface area (Å²) in [5, 5.41) is 22.5. The lowest BCUT2D eigenvalue weighted by molar-refractivity contribution is -0.142. The number of carbonyl (C=O) groups excluding carboxylic acids is 4. The average molecular weight is 888 g/mol. The molecular formula is C45H53N13O5S. The van der Waals surface area contributed by atoms with Crippen molar-refractivity contribution >= 4 is 63.6 Å². The van der Waals surface area contributed by atoms with Crippen molar-refractivity contribution in [3.05, 3.63) is 96.3 Å². The van der Waals surface area contributed by atoms with Crippen molar-refractivity contribution in [2.24, 2.45) is 5.92 Å². The number of aromatic nitrogens is 6. The van der Waals surface area contributed by atoms with Gasteiger partial charge in [0.2, 0.25) is 23.6 Å². The van der Waals surface area contributed by atoms with Gasteiger partial charge in [-0.15, -0.1) is 11.3 Å². The van der Waals surface area contributed by atoms with Crippen LogP contribution in [0, 0.1) is 12.8 Å². The molecule has 18 nitrogen and oxygen atoms in total. The van der Waals surface area contributed by atoms with Gasteiger partial charge < -0.3 is 46.3 Å². The van der Waals surface area contributed by atoms with Crippen LogP contribution in [0.3, 0.4) is 0 Å². The molecule has 19 heteroatoms. The third-order valence-electron chi connectivity index (χ3n) is 11.0. The molecule has 1 saturated heterocycles. The molecule has 6 aromatic rings. The van der Waals surface area contributed by atoms with Gasteiger partial charge in [0, 0.05) is 82.5 Å². The molecule has 4 amide bonds. The first kappa shape index (κ1) is 45.0. The fourth-order valence-corrected chi connectivity index (χ4v) is 8.28. The van der Waals surface area contributed by atoms with Crippen LogP contribution in [0.1, 0.15) is 50.8 Å². The molecule has 3 atom stereocenters. The summed E-state index contributed by atoms with van der Waals surface area (Å²) in [5.41, 5.74) is 14.0. The number of aliphatic hydroxyl groups excluding tert-OH is 1. The van der Waals surface area contributed by atoms with Gasteiger partial charge in [0.25, 0.3) is 0 Å². The number of carbonyl (C=O) groups is 4. The zero-order chi connectivity index (χ0) is 45.3. The van der Waals surface area contributed by atoms with Gasteiger partial charge in [0.05, 0.1) is 34.6 Å². The molecular weight excluding hydrogens is 835 g/mol. The maximum atomic E-state index is 13.8. The first-order valence-electron chi connectivity index (χ1n) is 21.1. The van der Waals surface area contributed by atoms with Crippen molar-refractivity contribution in [1.82, 2.24) is 50.2 Å². The molecule has 0 saturated carbocycles. The Hall–Kier alpha value is -6.99. The molecule has 1 aliphatic heterocycles. The highest BCUT2D eigenvalue weighted by molar-refractivity contribution is 7.13. The molecule has 64 heavy (non-hydrogen) atoms. The van der Waals surface area contributed by atoms with Crippen LogP contribution in [-0.2, 0) is 25.7 Å². The maximum absolute atomic E-state index is 13.8. The monoisotopic (exact) mass is 887 g/mol. The van der Waals surface area contributed by atoms with Crippen molar-refractivity contribution in [2.75, 3.05) is 42.6 Å². The van der Waals surface area contributed by atoms with Crippen molar-refractivity contribution in [3.8, 4) is 21.8 Å². The lowest BCUT2D eigenvalue weighted by Crippen LogP contribution is -2.55. The topological polar surface area (TPSA) is 238 Å². The van der Waals surface area contributed by atoms with Crippen LogP contribution in [0.5, 0.6) is 0 Å². The molecule has 334 valence electrons. The normalized spacial score (nSPS) is 15.2. The van der Waals surface area contributed by atoms with Gasteiger partial charge in [-0.05, 0) is 54.7 Å². The van der Waals surface area contributed by atoms with Gasteiger partial charge in [0.1, 0.15) is 29.3 Å². The number of β-amino-alcohol motifs (C(OH)–C–C–N with tert-alkyl or cyclic N) is 1. The number of aliphatic hydroxyl groups is 1. The molecule has 1 fully saturated rings. The van der Waals surface area contributed by atoms with Crippen LogP contribution >= 0.6 is 11.3 Å². The molecule has 4 aromatic heterocycles. The second-order valence-electron chi connectivity index (χ2n) is 16.1. The van der Waals surface area contributed by atoms with Gasteiger partial charge in [-0.1, -0.05) is 38.1 Å². The quantitative estimate of drug-likeness (QED) is 0.0715. The van der Waals surface area contributed by atoms with Crippen LogP contribution in [0.4, 0.5) is 23.0 Å². The Balaban J connectivity index is 0.829. The lowest BCUT2D eigenvalue weighted by Gasteiger charge is -2.30. The van der Waals surface area contributed by atoms with Gasteiger partial charge in [0.15, 0.2) is 11.5 Å². The molecule has 2 aromatic carbocycles. The Bertz CT molecular complexity index is 2580. The number of nitrogen functional groups attached to an aromatic ring is 1. The number of likely N-dealkylation sites (tertiary alicyclic amines) is 1. The summed E-state index contributed by atoms with van der Waals surface area (Å²) in [4.78, 5) is 79.4. The average Bonchev–Trinajstić information content (AvgIpc) is 4.05. The number of likely N-dealkylation sites (N-methyl/N-ethyl adjacent to an activating group) is 1. The number of nitrogens with one attached hydrogen (secondary N) is 4. The summed E-state index contributed by atoms with van der Waals surface area (Å²) >= 11 is 1.57. The summed E-state index contributed by atoms with van der Waals surface area (Å²) in [6.07, 6.45) is 8.09. The maximum Gasteiger partial charge on any atom is 0.246 e. The van der Waals surface area contributed by atoms with E-state index in [0.717, 1.165) is 33.1 Å². The summed E-state index contributed by atoms with van der Waals surface area (Å²) in [7, 11) is 1.93. The fourth-order valence-electron chi connectivity index (χ4n) is 7.47. The van der Waals surface area contributed by atoms with Crippen LogP contribution < -0.4 is 31.9 Å². The Labute approximate surface area is 374 Å². The first-order chi connectivity index (χ1) is 30.8. The number of amides is 4. The standard InChI is InChI=1S/C45H53N13O5S/c1-27(2)40(45(63)58-24-33(59)20-36(58)44(62)50-21-29-8-10-30(11-9-29)41-28(3)51-26-64-41)55-39(61)7-5-6-38(60)48-16-18-56(4)32-14-12-31(13-15-32)52-42-43-49-17-19-57(43)25-35(54-42)34-22-47-23-37(46)53-34/h8-15,17,19,22-23,25-27,33,36,40,59H,5-7,16,18,20-21,24H2,1-4H3,(H2,46,53)(H,48,60)(H,50,62)(H,52,54)(H,55,61)/t33-,36+,40+/m1/s1. The number of imidazole rings is 1. The van der Waals surface area contributed by atoms with Gasteiger partial charge >= 0.3 is 0 Å². The van der Waals surface area contributed by atoms with E-state index in [-0.39, 0.29) is 62.4 Å². The Kier molecular flexibility index (Phi) is 14.4. The summed E-state index contributed by atoms with van der Waals surface area (Å²) in [6.45, 7) is 6.77. The smallest absolute Gasteiger partial charge is 0.246 e. The van der Waals surface area contributed by atoms with E-state index >= 15 is 0 Å². The SMILES string of the molecule is Cc1ncsc1-c1ccc(CNC(=O)[C@@H]2C[C@@H](O)CN2C(=O)[C@@H](NC(=O)CCCC(=O)NCCN(C)c2ccc(Nc3nc(-c4cncc(N)n4)cn4ccnc34)cc2)C(C)C)cc1. The number of fused-ring (bicyclic) bond motifs is 1. The zero-order valence-electron chi connectivity index (χ0n) is 36.2. The van der Waals surface area contributed by atoms with Crippen LogP contribution in [0.2, 0.25) is 0 Å².